The Bertz CT molecular complexity index is 343. The van der Waals surface area contributed by atoms with Gasteiger partial charge in [-0.25, -0.2) is 5.90 Å². The fourth-order valence-electron chi connectivity index (χ4n) is 1.37. The second-order valence-electron chi connectivity index (χ2n) is 2.86. The van der Waals surface area contributed by atoms with E-state index >= 15 is 0 Å². The van der Waals surface area contributed by atoms with Gasteiger partial charge in [-0.1, -0.05) is 11.6 Å². The molecule has 0 amide bonds. The fraction of sp³-hybridized carbons (Fsp3) is 0.333. The Morgan fingerprint density at radius 2 is 2.14 bits per heavy atom. The number of nitrogens with two attached hydrogens (primary N) is 1. The molecule has 0 spiro atoms. The zero-order chi connectivity index (χ0) is 9.97. The van der Waals surface area contributed by atoms with E-state index in [0.29, 0.717) is 29.7 Å². The summed E-state index contributed by atoms with van der Waals surface area (Å²) < 4.78 is 10.8. The van der Waals surface area contributed by atoms with E-state index in [4.69, 9.17) is 27.0 Å². The second-order valence-corrected chi connectivity index (χ2v) is 3.27. The van der Waals surface area contributed by atoms with Crippen LogP contribution in [0.1, 0.15) is 5.56 Å². The lowest BCUT2D eigenvalue weighted by atomic mass is 10.2. The van der Waals surface area contributed by atoms with E-state index in [2.05, 4.69) is 4.84 Å². The molecule has 2 rings (SSSR count). The van der Waals surface area contributed by atoms with Gasteiger partial charge in [-0.05, 0) is 12.1 Å². The number of halogens is 1. The van der Waals surface area contributed by atoms with Crippen molar-refractivity contribution in [2.24, 2.45) is 5.90 Å². The van der Waals surface area contributed by atoms with Crippen molar-refractivity contribution < 1.29 is 14.3 Å². The Labute approximate surface area is 86.5 Å². The van der Waals surface area contributed by atoms with Crippen LogP contribution in [0.3, 0.4) is 0 Å². The minimum atomic E-state index is 0.214. The maximum absolute atomic E-state index is 5.97. The molecule has 0 fully saturated rings. The minimum absolute atomic E-state index is 0.214. The summed E-state index contributed by atoms with van der Waals surface area (Å²) in [6.45, 7) is 1.29. The van der Waals surface area contributed by atoms with Crippen LogP contribution in [-0.4, -0.2) is 13.2 Å². The van der Waals surface area contributed by atoms with E-state index in [1.165, 1.54) is 0 Å². The Hall–Kier alpha value is -0.970. The maximum Gasteiger partial charge on any atom is 0.168 e. The highest BCUT2D eigenvalue weighted by molar-refractivity contribution is 6.31. The molecule has 76 valence electrons. The van der Waals surface area contributed by atoms with Gasteiger partial charge in [-0.2, -0.15) is 0 Å². The van der Waals surface area contributed by atoms with Crippen LogP contribution in [-0.2, 0) is 11.4 Å². The topological polar surface area (TPSA) is 53.7 Å². The van der Waals surface area contributed by atoms with Crippen LogP contribution in [0.15, 0.2) is 12.1 Å². The van der Waals surface area contributed by atoms with Gasteiger partial charge in [0.15, 0.2) is 11.5 Å². The SMILES string of the molecule is NOCc1c(Cl)ccc2c1OCCO2. The summed E-state index contributed by atoms with van der Waals surface area (Å²) in [5.41, 5.74) is 0.728. The summed E-state index contributed by atoms with van der Waals surface area (Å²) in [5.74, 6) is 6.33. The molecule has 1 heterocycles. The van der Waals surface area contributed by atoms with E-state index in [1.54, 1.807) is 12.1 Å². The van der Waals surface area contributed by atoms with Crippen molar-refractivity contribution in [3.8, 4) is 11.5 Å². The molecule has 0 radical (unpaired) electrons. The van der Waals surface area contributed by atoms with Crippen LogP contribution >= 0.6 is 11.6 Å². The Kier molecular flexibility index (Phi) is 2.77. The number of rotatable bonds is 2. The molecule has 1 aliphatic heterocycles. The number of fused-ring (bicyclic) bond motifs is 1. The number of hydrogen-bond donors (Lipinski definition) is 1. The fourth-order valence-corrected chi connectivity index (χ4v) is 1.57. The molecule has 0 atom stereocenters. The van der Waals surface area contributed by atoms with Gasteiger partial charge in [0.1, 0.15) is 13.2 Å². The molecule has 0 unspecified atom stereocenters. The molecule has 2 N–H and O–H groups in total. The molecule has 4 nitrogen and oxygen atoms in total. The monoisotopic (exact) mass is 215 g/mol. The Balaban J connectivity index is 2.43. The number of ether oxygens (including phenoxy) is 2. The predicted molar refractivity (Wildman–Crippen MR) is 51.4 cm³/mol. The van der Waals surface area contributed by atoms with E-state index in [1.807, 2.05) is 0 Å². The van der Waals surface area contributed by atoms with Crippen molar-refractivity contribution in [3.63, 3.8) is 0 Å². The molecule has 0 saturated heterocycles. The lowest BCUT2D eigenvalue weighted by Crippen LogP contribution is -2.17. The standard InChI is InChI=1S/C9H10ClNO3/c10-7-1-2-8-9(6(7)5-14-11)13-4-3-12-8/h1-2H,3-5,11H2. The van der Waals surface area contributed by atoms with Gasteiger partial charge in [0.25, 0.3) is 0 Å². The van der Waals surface area contributed by atoms with E-state index in [-0.39, 0.29) is 6.61 Å². The average molecular weight is 216 g/mol. The highest BCUT2D eigenvalue weighted by Gasteiger charge is 2.18. The molecule has 0 aliphatic carbocycles. The Morgan fingerprint density at radius 3 is 2.93 bits per heavy atom. The summed E-state index contributed by atoms with van der Waals surface area (Å²) in [7, 11) is 0. The van der Waals surface area contributed by atoms with Crippen LogP contribution in [0, 0.1) is 0 Å². The first kappa shape index (κ1) is 9.58. The first-order chi connectivity index (χ1) is 6.83. The molecule has 14 heavy (non-hydrogen) atoms. The van der Waals surface area contributed by atoms with Gasteiger partial charge in [0.2, 0.25) is 0 Å². The molecule has 1 aromatic rings. The smallest absolute Gasteiger partial charge is 0.168 e. The van der Waals surface area contributed by atoms with Crippen molar-refractivity contribution in [3.05, 3.63) is 22.7 Å². The zero-order valence-corrected chi connectivity index (χ0v) is 8.21. The molecule has 0 aromatic heterocycles. The van der Waals surface area contributed by atoms with Gasteiger partial charge < -0.3 is 9.47 Å². The largest absolute Gasteiger partial charge is 0.486 e. The van der Waals surface area contributed by atoms with Crippen LogP contribution < -0.4 is 15.4 Å². The molecular formula is C9H10ClNO3. The molecule has 0 bridgehead atoms. The predicted octanol–water partition coefficient (Wildman–Crippen LogP) is 1.50. The number of hydrogen-bond acceptors (Lipinski definition) is 4. The van der Waals surface area contributed by atoms with Gasteiger partial charge in [0, 0.05) is 5.56 Å². The van der Waals surface area contributed by atoms with Gasteiger partial charge in [-0.15, -0.1) is 0 Å². The third-order valence-electron chi connectivity index (χ3n) is 1.98. The summed E-state index contributed by atoms with van der Waals surface area (Å²) in [6.07, 6.45) is 0. The van der Waals surface area contributed by atoms with Crippen LogP contribution in [0.25, 0.3) is 0 Å². The lowest BCUT2D eigenvalue weighted by Gasteiger charge is -2.21. The molecule has 5 heteroatoms. The minimum Gasteiger partial charge on any atom is -0.486 e. The summed E-state index contributed by atoms with van der Waals surface area (Å²) in [4.78, 5) is 4.55. The highest BCUT2D eigenvalue weighted by Crippen LogP contribution is 2.38. The third kappa shape index (κ3) is 1.64. The molecular weight excluding hydrogens is 206 g/mol. The van der Waals surface area contributed by atoms with Crippen LogP contribution in [0.4, 0.5) is 0 Å². The van der Waals surface area contributed by atoms with Crippen molar-refractivity contribution in [2.75, 3.05) is 13.2 Å². The number of benzene rings is 1. The molecule has 1 aliphatic rings. The lowest BCUT2D eigenvalue weighted by molar-refractivity contribution is 0.115. The van der Waals surface area contributed by atoms with Crippen molar-refractivity contribution in [2.45, 2.75) is 6.61 Å². The highest BCUT2D eigenvalue weighted by atomic mass is 35.5. The quantitative estimate of drug-likeness (QED) is 0.760. The molecule has 0 saturated carbocycles. The van der Waals surface area contributed by atoms with E-state index in [0.717, 1.165) is 5.56 Å². The van der Waals surface area contributed by atoms with Crippen molar-refractivity contribution >= 4 is 11.6 Å². The van der Waals surface area contributed by atoms with Gasteiger partial charge in [0.05, 0.1) is 11.6 Å². The van der Waals surface area contributed by atoms with Gasteiger partial charge >= 0.3 is 0 Å². The van der Waals surface area contributed by atoms with Crippen LogP contribution in [0.5, 0.6) is 11.5 Å². The summed E-state index contributed by atoms with van der Waals surface area (Å²) >= 11 is 5.97. The summed E-state index contributed by atoms with van der Waals surface area (Å²) in [6, 6.07) is 3.51. The second kappa shape index (κ2) is 4.04. The average Bonchev–Trinajstić information content (AvgIpc) is 2.23. The van der Waals surface area contributed by atoms with Gasteiger partial charge in [-0.3, -0.25) is 4.84 Å². The first-order valence-corrected chi connectivity index (χ1v) is 4.59. The molecule has 1 aromatic carbocycles. The summed E-state index contributed by atoms with van der Waals surface area (Å²) in [5, 5.41) is 0.569. The van der Waals surface area contributed by atoms with Crippen molar-refractivity contribution in [1.82, 2.24) is 0 Å². The first-order valence-electron chi connectivity index (χ1n) is 4.21. The zero-order valence-electron chi connectivity index (χ0n) is 7.46. The third-order valence-corrected chi connectivity index (χ3v) is 2.34. The Morgan fingerprint density at radius 1 is 1.36 bits per heavy atom. The van der Waals surface area contributed by atoms with Crippen molar-refractivity contribution in [1.29, 1.82) is 0 Å². The normalized spacial score (nSPS) is 14.1. The van der Waals surface area contributed by atoms with E-state index in [9.17, 15) is 0 Å². The maximum atomic E-state index is 5.97. The van der Waals surface area contributed by atoms with E-state index < -0.39 is 0 Å². The van der Waals surface area contributed by atoms with Crippen LogP contribution in [0.2, 0.25) is 5.02 Å².